The molecule has 4 nitrogen and oxygen atoms in total. The summed E-state index contributed by atoms with van der Waals surface area (Å²) in [6, 6.07) is 15.0. The van der Waals surface area contributed by atoms with Crippen LogP contribution in [-0.2, 0) is 10.2 Å². The summed E-state index contributed by atoms with van der Waals surface area (Å²) in [6.45, 7) is 8.28. The van der Waals surface area contributed by atoms with E-state index in [1.54, 1.807) is 12.1 Å². The number of rotatable bonds is 4. The number of piperidine rings is 1. The van der Waals surface area contributed by atoms with Crippen molar-refractivity contribution in [1.29, 1.82) is 0 Å². The van der Waals surface area contributed by atoms with Gasteiger partial charge in [0.25, 0.3) is 0 Å². The first-order valence-electron chi connectivity index (χ1n) is 9.99. The summed E-state index contributed by atoms with van der Waals surface area (Å²) in [5, 5.41) is 2.99. The number of nitrogens with one attached hydrogen (secondary N) is 1. The van der Waals surface area contributed by atoms with Gasteiger partial charge in [0.05, 0.1) is 5.92 Å². The van der Waals surface area contributed by atoms with E-state index < -0.39 is 0 Å². The van der Waals surface area contributed by atoms with Gasteiger partial charge in [-0.25, -0.2) is 0 Å². The number of carbonyl (C=O) groups is 2. The molecule has 0 spiro atoms. The molecule has 0 radical (unpaired) electrons. The zero-order chi connectivity index (χ0) is 20.3. The van der Waals surface area contributed by atoms with Gasteiger partial charge in [-0.05, 0) is 49.5 Å². The van der Waals surface area contributed by atoms with Gasteiger partial charge in [-0.1, -0.05) is 57.2 Å². The smallest absolute Gasteiger partial charge is 0.228 e. The molecule has 0 unspecified atom stereocenters. The maximum Gasteiger partial charge on any atom is 0.228 e. The quantitative estimate of drug-likeness (QED) is 0.797. The maximum atomic E-state index is 12.9. The van der Waals surface area contributed by atoms with Crippen LogP contribution >= 0.6 is 0 Å². The van der Waals surface area contributed by atoms with Gasteiger partial charge >= 0.3 is 0 Å². The van der Waals surface area contributed by atoms with Crippen molar-refractivity contribution in [3.8, 4) is 0 Å². The molecule has 1 atom stereocenters. The number of hydrogen-bond acceptors (Lipinski definition) is 3. The molecule has 0 aliphatic carbocycles. The Balaban J connectivity index is 1.72. The first kappa shape index (κ1) is 20.3. The van der Waals surface area contributed by atoms with Crippen LogP contribution in [0.4, 0.5) is 5.69 Å². The van der Waals surface area contributed by atoms with Crippen LogP contribution in [0.3, 0.4) is 0 Å². The fourth-order valence-electron chi connectivity index (χ4n) is 3.65. The third-order valence-electron chi connectivity index (χ3n) is 5.40. The molecule has 148 valence electrons. The zero-order valence-electron chi connectivity index (χ0n) is 17.3. The average Bonchev–Trinajstić information content (AvgIpc) is 2.67. The standard InChI is InChI=1S/C24H30N2O2/c1-24(2,3)20-12-10-17(11-13-20)22(27)18-7-5-9-21(15-18)25-23(28)19-8-6-14-26(4)16-19/h5,7,9-13,15,19H,6,8,14,16H2,1-4H3,(H,25,28)/t19-/m1/s1. The van der Waals surface area contributed by atoms with Gasteiger partial charge in [0.15, 0.2) is 5.78 Å². The summed E-state index contributed by atoms with van der Waals surface area (Å²) >= 11 is 0. The lowest BCUT2D eigenvalue weighted by Gasteiger charge is -2.28. The number of likely N-dealkylation sites (tertiary alicyclic amines) is 1. The molecule has 1 heterocycles. The van der Waals surface area contributed by atoms with Gasteiger partial charge in [-0.15, -0.1) is 0 Å². The lowest BCUT2D eigenvalue weighted by atomic mass is 9.86. The van der Waals surface area contributed by atoms with Crippen molar-refractivity contribution < 1.29 is 9.59 Å². The summed E-state index contributed by atoms with van der Waals surface area (Å²) in [6.07, 6.45) is 1.95. The second-order valence-electron chi connectivity index (χ2n) is 8.83. The van der Waals surface area contributed by atoms with Gasteiger partial charge in [-0.2, -0.15) is 0 Å². The van der Waals surface area contributed by atoms with Crippen LogP contribution in [0.2, 0.25) is 0 Å². The summed E-state index contributed by atoms with van der Waals surface area (Å²) in [5.74, 6) is 0.00249. The molecule has 0 aromatic heterocycles. The monoisotopic (exact) mass is 378 g/mol. The summed E-state index contributed by atoms with van der Waals surface area (Å²) in [4.78, 5) is 27.6. The number of hydrogen-bond donors (Lipinski definition) is 1. The maximum absolute atomic E-state index is 12.9. The van der Waals surface area contributed by atoms with Gasteiger partial charge in [0.1, 0.15) is 0 Å². The largest absolute Gasteiger partial charge is 0.326 e. The van der Waals surface area contributed by atoms with Crippen LogP contribution < -0.4 is 5.32 Å². The van der Waals surface area contributed by atoms with E-state index in [1.807, 2.05) is 43.4 Å². The molecule has 2 aromatic carbocycles. The molecule has 0 saturated carbocycles. The third kappa shape index (κ3) is 4.87. The number of amides is 1. The Labute approximate surface area is 167 Å². The van der Waals surface area contributed by atoms with E-state index in [1.165, 1.54) is 5.56 Å². The van der Waals surface area contributed by atoms with Crippen molar-refractivity contribution in [3.63, 3.8) is 0 Å². The highest BCUT2D eigenvalue weighted by molar-refractivity contribution is 6.09. The molecule has 1 amide bonds. The van der Waals surface area contributed by atoms with Crippen molar-refractivity contribution in [3.05, 3.63) is 65.2 Å². The topological polar surface area (TPSA) is 49.4 Å². The lowest BCUT2D eigenvalue weighted by molar-refractivity contribution is -0.121. The third-order valence-corrected chi connectivity index (χ3v) is 5.40. The Morgan fingerprint density at radius 3 is 2.39 bits per heavy atom. The SMILES string of the molecule is CN1CCC[C@@H](C(=O)Nc2cccc(C(=O)c3ccc(C(C)(C)C)cc3)c2)C1. The molecular weight excluding hydrogens is 348 g/mol. The summed E-state index contributed by atoms with van der Waals surface area (Å²) < 4.78 is 0. The van der Waals surface area contributed by atoms with Crippen LogP contribution in [-0.4, -0.2) is 36.7 Å². The molecule has 2 aromatic rings. The fraction of sp³-hybridized carbons (Fsp3) is 0.417. The van der Waals surface area contributed by atoms with E-state index in [0.717, 1.165) is 25.9 Å². The van der Waals surface area contributed by atoms with Crippen molar-refractivity contribution in [2.24, 2.45) is 5.92 Å². The number of carbonyl (C=O) groups excluding carboxylic acids is 2. The number of anilines is 1. The molecular formula is C24H30N2O2. The Morgan fingerprint density at radius 2 is 1.75 bits per heavy atom. The van der Waals surface area contributed by atoms with Crippen molar-refractivity contribution in [2.75, 3.05) is 25.5 Å². The molecule has 1 fully saturated rings. The first-order valence-corrected chi connectivity index (χ1v) is 9.99. The highest BCUT2D eigenvalue weighted by Gasteiger charge is 2.24. The van der Waals surface area contributed by atoms with Crippen LogP contribution in [0.25, 0.3) is 0 Å². The first-order chi connectivity index (χ1) is 13.2. The molecule has 1 aliphatic rings. The zero-order valence-corrected chi connectivity index (χ0v) is 17.3. The molecule has 0 bridgehead atoms. The average molecular weight is 379 g/mol. The van der Waals surface area contributed by atoms with Gasteiger partial charge in [0, 0.05) is 23.4 Å². The Kier molecular flexibility index (Phi) is 5.99. The van der Waals surface area contributed by atoms with Crippen LogP contribution in [0.15, 0.2) is 48.5 Å². The molecule has 1 aliphatic heterocycles. The van der Waals surface area contributed by atoms with E-state index in [9.17, 15) is 9.59 Å². The van der Waals surface area contributed by atoms with Gasteiger partial charge in [-0.3, -0.25) is 9.59 Å². The van der Waals surface area contributed by atoms with Crippen molar-refractivity contribution in [1.82, 2.24) is 4.90 Å². The minimum absolute atomic E-state index is 0.00282. The second kappa shape index (κ2) is 8.27. The minimum atomic E-state index is -0.0334. The van der Waals surface area contributed by atoms with E-state index >= 15 is 0 Å². The minimum Gasteiger partial charge on any atom is -0.326 e. The van der Waals surface area contributed by atoms with Crippen molar-refractivity contribution in [2.45, 2.75) is 39.0 Å². The number of nitrogens with zero attached hydrogens (tertiary/aromatic N) is 1. The van der Waals surface area contributed by atoms with E-state index in [4.69, 9.17) is 0 Å². The number of benzene rings is 2. The van der Waals surface area contributed by atoms with Crippen LogP contribution in [0.5, 0.6) is 0 Å². The van der Waals surface area contributed by atoms with E-state index in [2.05, 4.69) is 31.0 Å². The predicted molar refractivity (Wildman–Crippen MR) is 114 cm³/mol. The molecule has 1 N–H and O–H groups in total. The Hall–Kier alpha value is -2.46. The van der Waals surface area contributed by atoms with Gasteiger partial charge in [0.2, 0.25) is 5.91 Å². The highest BCUT2D eigenvalue weighted by atomic mass is 16.2. The van der Waals surface area contributed by atoms with Crippen molar-refractivity contribution >= 4 is 17.4 Å². The van der Waals surface area contributed by atoms with Crippen LogP contribution in [0, 0.1) is 5.92 Å². The number of ketones is 1. The molecule has 1 saturated heterocycles. The molecule has 3 rings (SSSR count). The highest BCUT2D eigenvalue weighted by Crippen LogP contribution is 2.24. The predicted octanol–water partition coefficient (Wildman–Crippen LogP) is 4.50. The normalized spacial score (nSPS) is 17.9. The van der Waals surface area contributed by atoms with Gasteiger partial charge < -0.3 is 10.2 Å². The lowest BCUT2D eigenvalue weighted by Crippen LogP contribution is -2.38. The van der Waals surface area contributed by atoms with E-state index in [-0.39, 0.29) is 23.0 Å². The fourth-order valence-corrected chi connectivity index (χ4v) is 3.65. The summed E-state index contributed by atoms with van der Waals surface area (Å²) in [5.41, 5.74) is 3.17. The second-order valence-corrected chi connectivity index (χ2v) is 8.83. The van der Waals surface area contributed by atoms with E-state index in [0.29, 0.717) is 16.8 Å². The molecule has 4 heteroatoms. The Bertz CT molecular complexity index is 850. The molecule has 28 heavy (non-hydrogen) atoms. The Morgan fingerprint density at radius 1 is 1.04 bits per heavy atom. The summed E-state index contributed by atoms with van der Waals surface area (Å²) in [7, 11) is 2.05. The van der Waals surface area contributed by atoms with Crippen LogP contribution in [0.1, 0.15) is 55.1 Å².